The van der Waals surface area contributed by atoms with Gasteiger partial charge in [0.25, 0.3) is 0 Å². The number of halogens is 3. The third kappa shape index (κ3) is 5.31. The van der Waals surface area contributed by atoms with Crippen molar-refractivity contribution in [3.8, 4) is 0 Å². The molecule has 1 aliphatic rings. The van der Waals surface area contributed by atoms with Crippen molar-refractivity contribution in [1.82, 2.24) is 0 Å². The standard InChI is InChI=1S/C21H25AsF3NO6/c1-20(2)11-13(12-22(29,30)31)14-8-15-16(21(23,24)25)9-19(28)32-18(15)10-17(14)26(20)6-4-3-5-7-27/h8-11,27H,3-7,12H2,1-2H3,(H2,29,30,31). The molecule has 2 heterocycles. The van der Waals surface area contributed by atoms with E-state index in [1.807, 2.05) is 18.7 Å². The van der Waals surface area contributed by atoms with E-state index in [0.29, 0.717) is 31.1 Å². The topological polar surface area (TPSA) is 111 Å². The molecule has 11 heteroatoms. The fourth-order valence-corrected chi connectivity index (χ4v) is 5.60. The van der Waals surface area contributed by atoms with E-state index in [-0.39, 0.29) is 28.7 Å². The van der Waals surface area contributed by atoms with Gasteiger partial charge in [0, 0.05) is 0 Å². The number of allylic oxidation sites excluding steroid dienone is 1. The number of benzene rings is 1. The van der Waals surface area contributed by atoms with Crippen molar-refractivity contribution in [3.05, 3.63) is 45.8 Å². The van der Waals surface area contributed by atoms with E-state index in [1.54, 1.807) is 6.08 Å². The summed E-state index contributed by atoms with van der Waals surface area (Å²) in [6, 6.07) is 2.92. The van der Waals surface area contributed by atoms with Gasteiger partial charge in [0.05, 0.1) is 0 Å². The number of aliphatic hydroxyl groups is 1. The molecule has 7 nitrogen and oxygen atoms in total. The van der Waals surface area contributed by atoms with E-state index in [1.165, 1.54) is 12.1 Å². The third-order valence-corrected chi connectivity index (χ3v) is 7.02. The molecule has 1 aliphatic heterocycles. The second kappa shape index (κ2) is 8.74. The van der Waals surface area contributed by atoms with Gasteiger partial charge in [0.15, 0.2) is 0 Å². The fourth-order valence-electron chi connectivity index (χ4n) is 4.12. The molecule has 0 saturated heterocycles. The monoisotopic (exact) mass is 519 g/mol. The van der Waals surface area contributed by atoms with Crippen LogP contribution in [0, 0.1) is 0 Å². The zero-order valence-electron chi connectivity index (χ0n) is 17.6. The number of alkyl halides is 3. The molecule has 32 heavy (non-hydrogen) atoms. The van der Waals surface area contributed by atoms with Gasteiger partial charge in [-0.2, -0.15) is 0 Å². The first-order chi connectivity index (χ1) is 14.7. The van der Waals surface area contributed by atoms with Gasteiger partial charge in [-0.3, -0.25) is 0 Å². The maximum absolute atomic E-state index is 13.6. The Morgan fingerprint density at radius 1 is 1.12 bits per heavy atom. The Bertz CT molecular complexity index is 1150. The Hall–Kier alpha value is -2.00. The summed E-state index contributed by atoms with van der Waals surface area (Å²) >= 11 is -5.18. The number of fused-ring (bicyclic) bond motifs is 2. The molecule has 0 atom stereocenters. The van der Waals surface area contributed by atoms with Crippen LogP contribution in [0.4, 0.5) is 18.9 Å². The number of unbranched alkanes of at least 4 members (excludes halogenated alkanes) is 2. The van der Waals surface area contributed by atoms with Crippen LogP contribution in [0.15, 0.2) is 33.5 Å². The average Bonchev–Trinajstić information content (AvgIpc) is 2.63. The Kier molecular flexibility index (Phi) is 6.73. The Morgan fingerprint density at radius 3 is 2.41 bits per heavy atom. The summed E-state index contributed by atoms with van der Waals surface area (Å²) in [5.41, 5.74) is -2.29. The molecule has 0 fully saturated rings. The van der Waals surface area contributed by atoms with Gasteiger partial charge in [0.2, 0.25) is 0 Å². The predicted molar refractivity (Wildman–Crippen MR) is 114 cm³/mol. The molecule has 176 valence electrons. The second-order valence-corrected chi connectivity index (χ2v) is 11.9. The van der Waals surface area contributed by atoms with E-state index in [9.17, 15) is 29.9 Å². The molecule has 1 aromatic carbocycles. The van der Waals surface area contributed by atoms with E-state index < -0.39 is 42.3 Å². The molecule has 0 unspecified atom stereocenters. The Labute approximate surface area is 185 Å². The first-order valence-corrected chi connectivity index (χ1v) is 13.8. The minimum absolute atomic E-state index is 0.0460. The van der Waals surface area contributed by atoms with Crippen LogP contribution in [0.25, 0.3) is 16.5 Å². The molecular weight excluding hydrogens is 494 g/mol. The van der Waals surface area contributed by atoms with E-state index in [4.69, 9.17) is 9.52 Å². The molecule has 0 amide bonds. The van der Waals surface area contributed by atoms with Crippen LogP contribution in [-0.4, -0.2) is 46.2 Å². The molecule has 1 aromatic heterocycles. The maximum atomic E-state index is 13.6. The van der Waals surface area contributed by atoms with Gasteiger partial charge >= 0.3 is 185 Å². The quantitative estimate of drug-likeness (QED) is 0.293. The molecular formula is C21H25AsF3NO6. The summed E-state index contributed by atoms with van der Waals surface area (Å²) in [6.07, 6.45) is -1.14. The Morgan fingerprint density at radius 2 is 1.81 bits per heavy atom. The predicted octanol–water partition coefficient (Wildman–Crippen LogP) is 3.31. The molecule has 0 aliphatic carbocycles. The van der Waals surface area contributed by atoms with Crippen LogP contribution < -0.4 is 10.5 Å². The van der Waals surface area contributed by atoms with Crippen LogP contribution in [0.1, 0.15) is 44.2 Å². The summed E-state index contributed by atoms with van der Waals surface area (Å²) in [7, 11) is 0. The van der Waals surface area contributed by atoms with Crippen molar-refractivity contribution >= 4 is 36.4 Å². The normalized spacial score (nSPS) is 16.2. The van der Waals surface area contributed by atoms with Gasteiger partial charge in [-0.15, -0.1) is 0 Å². The third-order valence-electron chi connectivity index (χ3n) is 5.44. The second-order valence-electron chi connectivity index (χ2n) is 8.42. The van der Waals surface area contributed by atoms with Gasteiger partial charge in [-0.1, -0.05) is 0 Å². The summed E-state index contributed by atoms with van der Waals surface area (Å²) < 4.78 is 76.9. The van der Waals surface area contributed by atoms with Crippen LogP contribution in [-0.2, 0) is 9.92 Å². The summed E-state index contributed by atoms with van der Waals surface area (Å²) in [5, 5.41) is 8.09. The van der Waals surface area contributed by atoms with Crippen LogP contribution in [0.5, 0.6) is 0 Å². The van der Waals surface area contributed by atoms with Crippen molar-refractivity contribution in [2.45, 2.75) is 50.0 Å². The number of hydrogen-bond acceptors (Lipinski definition) is 5. The van der Waals surface area contributed by atoms with Crippen molar-refractivity contribution in [3.63, 3.8) is 0 Å². The fraction of sp³-hybridized carbons (Fsp3) is 0.476. The molecule has 3 rings (SSSR count). The SMILES string of the molecule is CC1(C)C=C(C[As](=O)(O)O)c2cc3c(C(F)(F)F)cc(=O)oc3cc2N1CCCCCO. The van der Waals surface area contributed by atoms with Crippen molar-refractivity contribution < 1.29 is 34.6 Å². The molecule has 0 spiro atoms. The van der Waals surface area contributed by atoms with Crippen LogP contribution in [0.3, 0.4) is 0 Å². The minimum atomic E-state index is -5.18. The van der Waals surface area contributed by atoms with Crippen molar-refractivity contribution in [2.24, 2.45) is 0 Å². The summed E-state index contributed by atoms with van der Waals surface area (Å²) in [4.78, 5) is 13.7. The van der Waals surface area contributed by atoms with Gasteiger partial charge in [0.1, 0.15) is 0 Å². The molecule has 0 bridgehead atoms. The molecule has 0 radical (unpaired) electrons. The van der Waals surface area contributed by atoms with Crippen LogP contribution in [0.2, 0.25) is 5.21 Å². The van der Waals surface area contributed by atoms with Crippen molar-refractivity contribution in [1.29, 1.82) is 0 Å². The molecule has 0 saturated carbocycles. The number of anilines is 1. The van der Waals surface area contributed by atoms with Gasteiger partial charge < -0.3 is 0 Å². The molecule has 2 aromatic rings. The Balaban J connectivity index is 2.25. The average molecular weight is 519 g/mol. The summed E-state index contributed by atoms with van der Waals surface area (Å²) in [5.74, 6) is 0. The van der Waals surface area contributed by atoms with E-state index in [0.717, 1.165) is 6.42 Å². The van der Waals surface area contributed by atoms with Crippen LogP contribution >= 0.6 is 0 Å². The van der Waals surface area contributed by atoms with E-state index in [2.05, 4.69) is 0 Å². The number of nitrogens with zero attached hydrogens (tertiary/aromatic N) is 1. The number of hydrogen-bond donors (Lipinski definition) is 3. The first-order valence-electron chi connectivity index (χ1n) is 10.1. The zero-order chi connectivity index (χ0) is 23.9. The zero-order valence-corrected chi connectivity index (χ0v) is 19.5. The van der Waals surface area contributed by atoms with Gasteiger partial charge in [-0.05, 0) is 0 Å². The first kappa shape index (κ1) is 24.6. The molecule has 3 N–H and O–H groups in total. The van der Waals surface area contributed by atoms with Gasteiger partial charge in [-0.25, -0.2) is 0 Å². The number of aliphatic hydroxyl groups excluding tert-OH is 1. The van der Waals surface area contributed by atoms with Crippen molar-refractivity contribution in [2.75, 3.05) is 18.1 Å². The summed E-state index contributed by atoms with van der Waals surface area (Å²) in [6.45, 7) is 4.20. The van der Waals surface area contributed by atoms with E-state index >= 15 is 0 Å². The number of rotatable bonds is 7.